The molecule has 29 heavy (non-hydrogen) atoms. The van der Waals surface area contributed by atoms with Crippen LogP contribution in [0.3, 0.4) is 0 Å². The molecule has 2 aromatic carbocycles. The van der Waals surface area contributed by atoms with Gasteiger partial charge in [0, 0.05) is 29.0 Å². The molecule has 0 spiro atoms. The number of nitrogens with zero attached hydrogens (tertiary/aromatic N) is 3. The number of benzene rings is 2. The highest BCUT2D eigenvalue weighted by atomic mass is 35.5. The van der Waals surface area contributed by atoms with Crippen LogP contribution in [0.4, 0.5) is 5.82 Å². The van der Waals surface area contributed by atoms with Crippen molar-refractivity contribution in [2.45, 2.75) is 27.2 Å². The summed E-state index contributed by atoms with van der Waals surface area (Å²) in [7, 11) is 0. The molecule has 0 bridgehead atoms. The third-order valence-corrected chi connectivity index (χ3v) is 5.52. The second kappa shape index (κ2) is 8.26. The molecule has 4 nitrogen and oxygen atoms in total. The average Bonchev–Trinajstić information content (AvgIpc) is 3.11. The number of hydrogen-bond acceptors (Lipinski definition) is 3. The van der Waals surface area contributed by atoms with E-state index in [9.17, 15) is 0 Å². The van der Waals surface area contributed by atoms with E-state index in [4.69, 9.17) is 11.6 Å². The summed E-state index contributed by atoms with van der Waals surface area (Å²) in [6, 6.07) is 16.5. The molecule has 2 aromatic heterocycles. The molecule has 0 aliphatic rings. The molecule has 4 rings (SSSR count). The van der Waals surface area contributed by atoms with E-state index in [-0.39, 0.29) is 0 Å². The molecule has 0 atom stereocenters. The van der Waals surface area contributed by atoms with E-state index in [1.54, 1.807) is 6.33 Å². The lowest BCUT2D eigenvalue weighted by Gasteiger charge is -2.10. The molecular formula is C24H25ClN4. The lowest BCUT2D eigenvalue weighted by atomic mass is 10.1. The number of nitrogens with one attached hydrogen (secondary N) is 1. The van der Waals surface area contributed by atoms with Crippen LogP contribution in [0.1, 0.15) is 25.8 Å². The molecular weight excluding hydrogens is 380 g/mol. The van der Waals surface area contributed by atoms with Gasteiger partial charge in [-0.15, -0.1) is 0 Å². The first-order valence-electron chi connectivity index (χ1n) is 9.96. The van der Waals surface area contributed by atoms with E-state index in [1.807, 2.05) is 25.1 Å². The van der Waals surface area contributed by atoms with E-state index < -0.39 is 0 Å². The molecule has 0 fully saturated rings. The Kier molecular flexibility index (Phi) is 5.54. The van der Waals surface area contributed by atoms with Gasteiger partial charge in [-0.25, -0.2) is 9.97 Å². The SMILES string of the molecule is Cc1ccc(-n2cc(-c3ccccc3)c3c(NCCC(C)C)ncnc32)cc1Cl. The van der Waals surface area contributed by atoms with E-state index >= 15 is 0 Å². The summed E-state index contributed by atoms with van der Waals surface area (Å²) in [6.45, 7) is 7.34. The topological polar surface area (TPSA) is 42.7 Å². The molecule has 0 amide bonds. The van der Waals surface area contributed by atoms with Gasteiger partial charge < -0.3 is 9.88 Å². The van der Waals surface area contributed by atoms with Gasteiger partial charge >= 0.3 is 0 Å². The predicted octanol–water partition coefficient (Wildman–Crippen LogP) is 6.51. The van der Waals surface area contributed by atoms with Crippen molar-refractivity contribution in [3.05, 3.63) is 71.6 Å². The van der Waals surface area contributed by atoms with E-state index in [0.717, 1.165) is 57.2 Å². The number of aryl methyl sites for hydroxylation is 1. The number of rotatable bonds is 6. The van der Waals surface area contributed by atoms with Crippen LogP contribution in [0.5, 0.6) is 0 Å². The van der Waals surface area contributed by atoms with Gasteiger partial charge in [-0.05, 0) is 42.5 Å². The average molecular weight is 405 g/mol. The molecule has 148 valence electrons. The smallest absolute Gasteiger partial charge is 0.150 e. The van der Waals surface area contributed by atoms with Crippen molar-refractivity contribution in [2.24, 2.45) is 5.92 Å². The van der Waals surface area contributed by atoms with Gasteiger partial charge in [0.05, 0.1) is 5.39 Å². The Morgan fingerprint density at radius 2 is 1.86 bits per heavy atom. The minimum Gasteiger partial charge on any atom is -0.369 e. The van der Waals surface area contributed by atoms with Crippen LogP contribution >= 0.6 is 11.6 Å². The highest BCUT2D eigenvalue weighted by molar-refractivity contribution is 6.31. The lowest BCUT2D eigenvalue weighted by molar-refractivity contribution is 0.607. The predicted molar refractivity (Wildman–Crippen MR) is 122 cm³/mol. The van der Waals surface area contributed by atoms with Crippen LogP contribution in [0.25, 0.3) is 27.8 Å². The maximum Gasteiger partial charge on any atom is 0.150 e. The number of halogens is 1. The Morgan fingerprint density at radius 3 is 2.59 bits per heavy atom. The first-order valence-corrected chi connectivity index (χ1v) is 10.3. The Morgan fingerprint density at radius 1 is 1.07 bits per heavy atom. The van der Waals surface area contributed by atoms with Crippen molar-refractivity contribution in [2.75, 3.05) is 11.9 Å². The van der Waals surface area contributed by atoms with Gasteiger partial charge in [-0.1, -0.05) is 61.8 Å². The lowest BCUT2D eigenvalue weighted by Crippen LogP contribution is -2.07. The Hall–Kier alpha value is -2.85. The zero-order valence-corrected chi connectivity index (χ0v) is 17.7. The molecule has 0 radical (unpaired) electrons. The van der Waals surface area contributed by atoms with Crippen LogP contribution < -0.4 is 5.32 Å². The quantitative estimate of drug-likeness (QED) is 0.398. The monoisotopic (exact) mass is 404 g/mol. The fraction of sp³-hybridized carbons (Fsp3) is 0.250. The van der Waals surface area contributed by atoms with E-state index in [2.05, 4.69) is 70.2 Å². The summed E-state index contributed by atoms with van der Waals surface area (Å²) in [5.41, 5.74) is 5.15. The van der Waals surface area contributed by atoms with Gasteiger partial charge in [0.2, 0.25) is 0 Å². The standard InChI is InChI=1S/C24H25ClN4/c1-16(2)11-12-26-23-22-20(18-7-5-4-6-8-18)14-29(24(22)28-15-27-23)19-10-9-17(3)21(25)13-19/h4-10,13-16H,11-12H2,1-3H3,(H,26,27,28). The summed E-state index contributed by atoms with van der Waals surface area (Å²) >= 11 is 6.41. The maximum absolute atomic E-state index is 6.41. The molecule has 0 saturated heterocycles. The van der Waals surface area contributed by atoms with Crippen molar-refractivity contribution in [3.8, 4) is 16.8 Å². The summed E-state index contributed by atoms with van der Waals surface area (Å²) < 4.78 is 2.10. The van der Waals surface area contributed by atoms with Crippen molar-refractivity contribution in [3.63, 3.8) is 0 Å². The molecule has 0 aliphatic carbocycles. The summed E-state index contributed by atoms with van der Waals surface area (Å²) in [6.07, 6.45) is 4.84. The minimum atomic E-state index is 0.632. The molecule has 0 unspecified atom stereocenters. The van der Waals surface area contributed by atoms with Gasteiger partial charge in [-0.2, -0.15) is 0 Å². The second-order valence-corrected chi connectivity index (χ2v) is 8.15. The Balaban J connectivity index is 1.90. The fourth-order valence-corrected chi connectivity index (χ4v) is 3.61. The van der Waals surface area contributed by atoms with Crippen LogP contribution in [-0.2, 0) is 0 Å². The first kappa shape index (κ1) is 19.5. The van der Waals surface area contributed by atoms with Crippen LogP contribution in [0, 0.1) is 12.8 Å². The zero-order valence-electron chi connectivity index (χ0n) is 17.0. The van der Waals surface area contributed by atoms with Gasteiger partial charge in [0.15, 0.2) is 5.65 Å². The minimum absolute atomic E-state index is 0.632. The third kappa shape index (κ3) is 3.99. The Bertz CT molecular complexity index is 1130. The van der Waals surface area contributed by atoms with Gasteiger partial charge in [0.25, 0.3) is 0 Å². The summed E-state index contributed by atoms with van der Waals surface area (Å²) in [5.74, 6) is 1.50. The van der Waals surface area contributed by atoms with Crippen LogP contribution in [-0.4, -0.2) is 21.1 Å². The van der Waals surface area contributed by atoms with E-state index in [0.29, 0.717) is 5.92 Å². The van der Waals surface area contributed by atoms with Crippen molar-refractivity contribution in [1.82, 2.24) is 14.5 Å². The number of aromatic nitrogens is 3. The summed E-state index contributed by atoms with van der Waals surface area (Å²) in [4.78, 5) is 9.20. The molecule has 0 aliphatic heterocycles. The molecule has 2 heterocycles. The fourth-order valence-electron chi connectivity index (χ4n) is 3.44. The second-order valence-electron chi connectivity index (χ2n) is 7.74. The van der Waals surface area contributed by atoms with Gasteiger partial charge in [0.1, 0.15) is 12.1 Å². The third-order valence-electron chi connectivity index (χ3n) is 5.12. The highest BCUT2D eigenvalue weighted by Gasteiger charge is 2.17. The highest BCUT2D eigenvalue weighted by Crippen LogP contribution is 2.35. The number of anilines is 1. The Labute approximate surface area is 176 Å². The van der Waals surface area contributed by atoms with Crippen LogP contribution in [0.2, 0.25) is 5.02 Å². The number of fused-ring (bicyclic) bond motifs is 1. The maximum atomic E-state index is 6.41. The van der Waals surface area contributed by atoms with Gasteiger partial charge in [-0.3, -0.25) is 0 Å². The largest absolute Gasteiger partial charge is 0.369 e. The zero-order chi connectivity index (χ0) is 20.4. The van der Waals surface area contributed by atoms with Crippen molar-refractivity contribution < 1.29 is 0 Å². The van der Waals surface area contributed by atoms with Crippen molar-refractivity contribution in [1.29, 1.82) is 0 Å². The van der Waals surface area contributed by atoms with Crippen molar-refractivity contribution >= 4 is 28.5 Å². The molecule has 4 aromatic rings. The van der Waals surface area contributed by atoms with E-state index in [1.165, 1.54) is 0 Å². The van der Waals surface area contributed by atoms with Crippen LogP contribution in [0.15, 0.2) is 61.1 Å². The normalized spacial score (nSPS) is 11.3. The summed E-state index contributed by atoms with van der Waals surface area (Å²) in [5, 5.41) is 5.30. The molecule has 0 saturated carbocycles. The number of hydrogen-bond donors (Lipinski definition) is 1. The first-order chi connectivity index (χ1) is 14.0. The molecule has 1 N–H and O–H groups in total. The molecule has 5 heteroatoms.